The van der Waals surface area contributed by atoms with Crippen LogP contribution in [0.1, 0.15) is 44.2 Å². The Hall–Kier alpha value is -0.240. The number of halogens is 2. The van der Waals surface area contributed by atoms with E-state index in [0.717, 1.165) is 11.5 Å². The SMILES string of the molecule is CC1CCC(C(N)c2ccc(Cl)cc2Cl)CC1. The molecule has 0 saturated heterocycles. The van der Waals surface area contributed by atoms with Crippen LogP contribution in [0.3, 0.4) is 0 Å². The molecule has 0 aliphatic heterocycles. The topological polar surface area (TPSA) is 26.0 Å². The van der Waals surface area contributed by atoms with Crippen molar-refractivity contribution in [2.75, 3.05) is 0 Å². The van der Waals surface area contributed by atoms with Crippen molar-refractivity contribution in [2.24, 2.45) is 17.6 Å². The summed E-state index contributed by atoms with van der Waals surface area (Å²) in [5, 5.41) is 1.37. The fraction of sp³-hybridized carbons (Fsp3) is 0.571. The molecule has 1 unspecified atom stereocenters. The molecule has 1 aromatic rings. The van der Waals surface area contributed by atoms with Crippen LogP contribution in [0.4, 0.5) is 0 Å². The van der Waals surface area contributed by atoms with Crippen LogP contribution in [0.2, 0.25) is 10.0 Å². The van der Waals surface area contributed by atoms with Gasteiger partial charge in [-0.25, -0.2) is 0 Å². The van der Waals surface area contributed by atoms with Crippen molar-refractivity contribution in [1.29, 1.82) is 0 Å². The summed E-state index contributed by atoms with van der Waals surface area (Å²) in [6, 6.07) is 5.66. The Bertz CT molecular complexity index is 384. The molecule has 1 fully saturated rings. The highest BCUT2D eigenvalue weighted by molar-refractivity contribution is 6.35. The third kappa shape index (κ3) is 3.15. The Morgan fingerprint density at radius 1 is 1.18 bits per heavy atom. The van der Waals surface area contributed by atoms with Crippen LogP contribution in [-0.4, -0.2) is 0 Å². The number of benzene rings is 1. The highest BCUT2D eigenvalue weighted by atomic mass is 35.5. The van der Waals surface area contributed by atoms with Crippen molar-refractivity contribution in [3.05, 3.63) is 33.8 Å². The molecule has 3 heteroatoms. The fourth-order valence-corrected chi connectivity index (χ4v) is 3.21. The lowest BCUT2D eigenvalue weighted by atomic mass is 9.78. The minimum absolute atomic E-state index is 0.0484. The first-order valence-electron chi connectivity index (χ1n) is 6.28. The van der Waals surface area contributed by atoms with E-state index in [4.69, 9.17) is 28.9 Å². The molecule has 94 valence electrons. The largest absolute Gasteiger partial charge is 0.324 e. The average molecular weight is 272 g/mol. The average Bonchev–Trinajstić information content (AvgIpc) is 2.29. The second-order valence-electron chi connectivity index (χ2n) is 5.21. The summed E-state index contributed by atoms with van der Waals surface area (Å²) in [6.07, 6.45) is 4.98. The molecule has 1 aliphatic rings. The molecule has 1 saturated carbocycles. The zero-order valence-electron chi connectivity index (χ0n) is 10.1. The first kappa shape index (κ1) is 13.2. The molecule has 1 aromatic carbocycles. The van der Waals surface area contributed by atoms with Crippen molar-refractivity contribution in [3.63, 3.8) is 0 Å². The maximum Gasteiger partial charge on any atom is 0.0468 e. The highest BCUT2D eigenvalue weighted by Crippen LogP contribution is 2.37. The molecular formula is C14H19Cl2N. The van der Waals surface area contributed by atoms with Gasteiger partial charge in [0.2, 0.25) is 0 Å². The van der Waals surface area contributed by atoms with Gasteiger partial charge in [0.25, 0.3) is 0 Å². The summed E-state index contributed by atoms with van der Waals surface area (Å²) < 4.78 is 0. The van der Waals surface area contributed by atoms with Crippen LogP contribution in [0, 0.1) is 11.8 Å². The second kappa shape index (κ2) is 5.60. The summed E-state index contributed by atoms with van der Waals surface area (Å²) in [6.45, 7) is 2.32. The van der Waals surface area contributed by atoms with Crippen LogP contribution in [0.25, 0.3) is 0 Å². The fourth-order valence-electron chi connectivity index (χ4n) is 2.67. The van der Waals surface area contributed by atoms with Crippen LogP contribution >= 0.6 is 23.2 Å². The van der Waals surface area contributed by atoms with Crippen LogP contribution in [0.5, 0.6) is 0 Å². The number of rotatable bonds is 2. The maximum atomic E-state index is 6.34. The summed E-state index contributed by atoms with van der Waals surface area (Å²) in [7, 11) is 0. The minimum atomic E-state index is 0.0484. The van der Waals surface area contributed by atoms with Crippen molar-refractivity contribution in [2.45, 2.75) is 38.6 Å². The third-order valence-corrected chi connectivity index (χ3v) is 4.45. The summed E-state index contributed by atoms with van der Waals surface area (Å²) in [4.78, 5) is 0. The third-order valence-electron chi connectivity index (χ3n) is 3.89. The van der Waals surface area contributed by atoms with Gasteiger partial charge in [-0.05, 0) is 42.4 Å². The van der Waals surface area contributed by atoms with Crippen molar-refractivity contribution in [3.8, 4) is 0 Å². The standard InChI is InChI=1S/C14H19Cl2N/c1-9-2-4-10(5-3-9)14(17)12-7-6-11(15)8-13(12)16/h6-10,14H,2-5,17H2,1H3. The van der Waals surface area contributed by atoms with Gasteiger partial charge in [0.05, 0.1) is 0 Å². The highest BCUT2D eigenvalue weighted by Gasteiger charge is 2.25. The summed E-state index contributed by atoms with van der Waals surface area (Å²) in [5.74, 6) is 1.41. The van der Waals surface area contributed by atoms with Gasteiger partial charge < -0.3 is 5.73 Å². The first-order chi connectivity index (χ1) is 8.08. The lowest BCUT2D eigenvalue weighted by Crippen LogP contribution is -2.25. The number of hydrogen-bond acceptors (Lipinski definition) is 1. The van der Waals surface area contributed by atoms with E-state index in [1.54, 1.807) is 6.07 Å². The normalized spacial score (nSPS) is 26.8. The smallest absolute Gasteiger partial charge is 0.0468 e. The Kier molecular flexibility index (Phi) is 4.35. The van der Waals surface area contributed by atoms with E-state index in [1.807, 2.05) is 12.1 Å². The molecule has 1 atom stereocenters. The molecule has 2 N–H and O–H groups in total. The summed E-state index contributed by atoms with van der Waals surface area (Å²) in [5.41, 5.74) is 7.38. The Morgan fingerprint density at radius 2 is 1.82 bits per heavy atom. The molecule has 1 aliphatic carbocycles. The van der Waals surface area contributed by atoms with E-state index >= 15 is 0 Å². The van der Waals surface area contributed by atoms with Crippen LogP contribution in [-0.2, 0) is 0 Å². The van der Waals surface area contributed by atoms with Gasteiger partial charge in [0.15, 0.2) is 0 Å². The zero-order chi connectivity index (χ0) is 12.4. The van der Waals surface area contributed by atoms with Gasteiger partial charge in [0.1, 0.15) is 0 Å². The monoisotopic (exact) mass is 271 g/mol. The molecular weight excluding hydrogens is 253 g/mol. The Balaban J connectivity index is 2.11. The van der Waals surface area contributed by atoms with E-state index in [-0.39, 0.29) is 6.04 Å². The molecule has 17 heavy (non-hydrogen) atoms. The summed E-state index contributed by atoms with van der Waals surface area (Å²) >= 11 is 12.1. The minimum Gasteiger partial charge on any atom is -0.324 e. The Labute approximate surface area is 113 Å². The van der Waals surface area contributed by atoms with E-state index < -0.39 is 0 Å². The molecule has 0 heterocycles. The predicted octanol–water partition coefficient (Wildman–Crippen LogP) is 4.82. The van der Waals surface area contributed by atoms with Crippen molar-refractivity contribution in [1.82, 2.24) is 0 Å². The van der Waals surface area contributed by atoms with Gasteiger partial charge in [-0.15, -0.1) is 0 Å². The maximum absolute atomic E-state index is 6.34. The quantitative estimate of drug-likeness (QED) is 0.820. The van der Waals surface area contributed by atoms with Gasteiger partial charge >= 0.3 is 0 Å². The van der Waals surface area contributed by atoms with E-state index in [9.17, 15) is 0 Å². The number of nitrogens with two attached hydrogens (primary N) is 1. The molecule has 2 rings (SSSR count). The van der Waals surface area contributed by atoms with E-state index in [0.29, 0.717) is 16.0 Å². The van der Waals surface area contributed by atoms with Crippen molar-refractivity contribution >= 4 is 23.2 Å². The van der Waals surface area contributed by atoms with E-state index in [2.05, 4.69) is 6.92 Å². The molecule has 1 nitrogen and oxygen atoms in total. The van der Waals surface area contributed by atoms with Gasteiger partial charge in [0, 0.05) is 16.1 Å². The van der Waals surface area contributed by atoms with Gasteiger partial charge in [-0.2, -0.15) is 0 Å². The van der Waals surface area contributed by atoms with Gasteiger partial charge in [-0.3, -0.25) is 0 Å². The predicted molar refractivity (Wildman–Crippen MR) is 74.5 cm³/mol. The lowest BCUT2D eigenvalue weighted by Gasteiger charge is -2.31. The van der Waals surface area contributed by atoms with Crippen molar-refractivity contribution < 1.29 is 0 Å². The molecule has 0 amide bonds. The van der Waals surface area contributed by atoms with E-state index in [1.165, 1.54) is 25.7 Å². The van der Waals surface area contributed by atoms with Crippen LogP contribution < -0.4 is 5.73 Å². The zero-order valence-corrected chi connectivity index (χ0v) is 11.6. The lowest BCUT2D eigenvalue weighted by molar-refractivity contribution is 0.256. The van der Waals surface area contributed by atoms with Gasteiger partial charge in [-0.1, -0.05) is 49.0 Å². The Morgan fingerprint density at radius 3 is 2.41 bits per heavy atom. The number of hydrogen-bond donors (Lipinski definition) is 1. The molecule has 0 aromatic heterocycles. The molecule has 0 radical (unpaired) electrons. The second-order valence-corrected chi connectivity index (χ2v) is 6.06. The van der Waals surface area contributed by atoms with Crippen LogP contribution in [0.15, 0.2) is 18.2 Å². The molecule has 0 spiro atoms. The first-order valence-corrected chi connectivity index (χ1v) is 7.04. The molecule has 0 bridgehead atoms.